The van der Waals surface area contributed by atoms with Gasteiger partial charge >= 0.3 is 0 Å². The van der Waals surface area contributed by atoms with Gasteiger partial charge < -0.3 is 15.0 Å². The second-order valence-electron chi connectivity index (χ2n) is 7.68. The fourth-order valence-corrected chi connectivity index (χ4v) is 4.68. The Balaban J connectivity index is 1.61. The van der Waals surface area contributed by atoms with Crippen molar-refractivity contribution >= 4 is 17.5 Å². The van der Waals surface area contributed by atoms with Gasteiger partial charge in [0.25, 0.3) is 5.91 Å². The highest BCUT2D eigenvalue weighted by Crippen LogP contribution is 2.46. The van der Waals surface area contributed by atoms with Gasteiger partial charge in [-0.25, -0.2) is 0 Å². The minimum absolute atomic E-state index is 0.00414. The van der Waals surface area contributed by atoms with Crippen LogP contribution in [0.1, 0.15) is 39.0 Å². The van der Waals surface area contributed by atoms with Crippen LogP contribution in [-0.2, 0) is 11.2 Å². The first-order chi connectivity index (χ1) is 14.7. The Morgan fingerprint density at radius 3 is 2.60 bits per heavy atom. The van der Waals surface area contributed by atoms with Crippen LogP contribution >= 0.6 is 0 Å². The van der Waals surface area contributed by atoms with E-state index in [4.69, 9.17) is 4.74 Å². The molecule has 0 saturated heterocycles. The molecule has 0 saturated carbocycles. The molecule has 5 heteroatoms. The van der Waals surface area contributed by atoms with Crippen molar-refractivity contribution in [3.63, 3.8) is 0 Å². The molecule has 5 rings (SSSR count). The second kappa shape index (κ2) is 7.34. The molecule has 0 spiro atoms. The first-order valence-corrected chi connectivity index (χ1v) is 10.1. The molecule has 0 aliphatic carbocycles. The quantitative estimate of drug-likeness (QED) is 0.720. The largest absolute Gasteiger partial charge is 0.497 e. The summed E-state index contributed by atoms with van der Waals surface area (Å²) in [4.78, 5) is 28.7. The summed E-state index contributed by atoms with van der Waals surface area (Å²) in [6.07, 6.45) is 0.796. The molecule has 0 radical (unpaired) electrons. The number of nitrogens with one attached hydrogen (secondary N) is 1. The standard InChI is InChI=1S/C25H22N2O3/c1-30-18-9-6-8-17(15-18)26-24(28)22-20-11-4-5-12-21(20)25(29)27-14-13-16-7-2-3-10-19(16)23(22)27/h2-12,15,22-23H,13-14H2,1H3,(H,26,28)/t22-,23-/m1/s1. The van der Waals surface area contributed by atoms with E-state index in [1.54, 1.807) is 13.2 Å². The highest BCUT2D eigenvalue weighted by atomic mass is 16.5. The van der Waals surface area contributed by atoms with Gasteiger partial charge in [-0.15, -0.1) is 0 Å². The van der Waals surface area contributed by atoms with Gasteiger partial charge in [-0.05, 0) is 41.3 Å². The van der Waals surface area contributed by atoms with Gasteiger partial charge in [0.15, 0.2) is 0 Å². The number of hydrogen-bond donors (Lipinski definition) is 1. The summed E-state index contributed by atoms with van der Waals surface area (Å²) in [5, 5.41) is 3.05. The lowest BCUT2D eigenvalue weighted by Gasteiger charge is -2.45. The van der Waals surface area contributed by atoms with Crippen LogP contribution in [0.4, 0.5) is 5.69 Å². The Kier molecular flexibility index (Phi) is 4.51. The molecule has 0 bridgehead atoms. The minimum atomic E-state index is -0.494. The molecule has 2 atom stereocenters. The number of ether oxygens (including phenoxy) is 1. The first-order valence-electron chi connectivity index (χ1n) is 10.1. The van der Waals surface area contributed by atoms with Crippen LogP contribution in [0.25, 0.3) is 0 Å². The lowest BCUT2D eigenvalue weighted by atomic mass is 9.76. The van der Waals surface area contributed by atoms with E-state index in [9.17, 15) is 9.59 Å². The van der Waals surface area contributed by atoms with Gasteiger partial charge in [0, 0.05) is 23.9 Å². The van der Waals surface area contributed by atoms with E-state index < -0.39 is 5.92 Å². The lowest BCUT2D eigenvalue weighted by molar-refractivity contribution is -0.119. The van der Waals surface area contributed by atoms with E-state index in [1.165, 1.54) is 5.56 Å². The smallest absolute Gasteiger partial charge is 0.254 e. The maximum absolute atomic E-state index is 13.6. The van der Waals surface area contributed by atoms with E-state index in [1.807, 2.05) is 65.6 Å². The number of rotatable bonds is 3. The van der Waals surface area contributed by atoms with Gasteiger partial charge in [-0.3, -0.25) is 9.59 Å². The molecule has 2 aliphatic rings. The van der Waals surface area contributed by atoms with E-state index in [0.29, 0.717) is 23.5 Å². The van der Waals surface area contributed by atoms with E-state index in [-0.39, 0.29) is 17.9 Å². The van der Waals surface area contributed by atoms with Crippen molar-refractivity contribution in [1.82, 2.24) is 4.90 Å². The SMILES string of the molecule is COc1cccc(NC(=O)[C@@H]2c3ccccc3C(=O)N3CCc4ccccc4[C@H]23)c1. The van der Waals surface area contributed by atoms with Gasteiger partial charge in [0.1, 0.15) is 5.75 Å². The monoisotopic (exact) mass is 398 g/mol. The number of carbonyl (C=O) groups excluding carboxylic acids is 2. The van der Waals surface area contributed by atoms with Crippen LogP contribution in [0, 0.1) is 0 Å². The number of anilines is 1. The first kappa shape index (κ1) is 18.4. The molecular formula is C25H22N2O3. The molecule has 3 aromatic carbocycles. The molecule has 3 aromatic rings. The zero-order valence-electron chi connectivity index (χ0n) is 16.7. The van der Waals surface area contributed by atoms with E-state index in [0.717, 1.165) is 17.5 Å². The normalized spacial score (nSPS) is 19.4. The molecular weight excluding hydrogens is 376 g/mol. The Morgan fingerprint density at radius 2 is 1.77 bits per heavy atom. The van der Waals surface area contributed by atoms with Crippen molar-refractivity contribution in [2.24, 2.45) is 0 Å². The Bertz CT molecular complexity index is 1140. The van der Waals surface area contributed by atoms with Gasteiger partial charge in [0.2, 0.25) is 5.91 Å². The Hall–Kier alpha value is -3.60. The number of carbonyl (C=O) groups is 2. The summed E-state index contributed by atoms with van der Waals surface area (Å²) < 4.78 is 5.28. The highest BCUT2D eigenvalue weighted by Gasteiger charge is 2.46. The van der Waals surface area contributed by atoms with Crippen LogP contribution in [0.3, 0.4) is 0 Å². The van der Waals surface area contributed by atoms with Crippen molar-refractivity contribution in [1.29, 1.82) is 0 Å². The predicted octanol–water partition coefficient (Wildman–Crippen LogP) is 4.17. The number of fused-ring (bicyclic) bond motifs is 4. The number of amides is 2. The average Bonchev–Trinajstić information content (AvgIpc) is 2.79. The summed E-state index contributed by atoms with van der Waals surface area (Å²) in [5.74, 6) is 0.0497. The highest BCUT2D eigenvalue weighted by molar-refractivity contribution is 6.04. The third-order valence-electron chi connectivity index (χ3n) is 6.05. The third kappa shape index (κ3) is 2.94. The molecule has 2 amide bonds. The number of methoxy groups -OCH3 is 1. The van der Waals surface area contributed by atoms with Gasteiger partial charge in [-0.1, -0.05) is 48.5 Å². The number of benzene rings is 3. The fraction of sp³-hybridized carbons (Fsp3) is 0.200. The van der Waals surface area contributed by atoms with Crippen molar-refractivity contribution < 1.29 is 14.3 Å². The molecule has 0 unspecified atom stereocenters. The minimum Gasteiger partial charge on any atom is -0.497 e. The molecule has 0 aromatic heterocycles. The molecule has 2 heterocycles. The van der Waals surface area contributed by atoms with Crippen molar-refractivity contribution in [3.05, 3.63) is 95.1 Å². The molecule has 2 aliphatic heterocycles. The number of hydrogen-bond acceptors (Lipinski definition) is 3. The van der Waals surface area contributed by atoms with Crippen molar-refractivity contribution in [2.45, 2.75) is 18.4 Å². The zero-order valence-corrected chi connectivity index (χ0v) is 16.7. The maximum Gasteiger partial charge on any atom is 0.254 e. The Morgan fingerprint density at radius 1 is 1.00 bits per heavy atom. The van der Waals surface area contributed by atoms with Gasteiger partial charge in [0.05, 0.1) is 19.1 Å². The zero-order chi connectivity index (χ0) is 20.7. The molecule has 1 N–H and O–H groups in total. The maximum atomic E-state index is 13.6. The van der Waals surface area contributed by atoms with Crippen molar-refractivity contribution in [3.8, 4) is 5.75 Å². The summed E-state index contributed by atoms with van der Waals surface area (Å²) >= 11 is 0. The van der Waals surface area contributed by atoms with Gasteiger partial charge in [-0.2, -0.15) is 0 Å². The molecule has 30 heavy (non-hydrogen) atoms. The van der Waals surface area contributed by atoms with Crippen LogP contribution in [0.15, 0.2) is 72.8 Å². The van der Waals surface area contributed by atoms with Crippen LogP contribution in [0.5, 0.6) is 5.75 Å². The van der Waals surface area contributed by atoms with E-state index in [2.05, 4.69) is 11.4 Å². The molecule has 0 fully saturated rings. The van der Waals surface area contributed by atoms with Crippen LogP contribution in [-0.4, -0.2) is 30.4 Å². The third-order valence-corrected chi connectivity index (χ3v) is 6.05. The summed E-state index contributed by atoms with van der Waals surface area (Å²) in [6.45, 7) is 0.609. The lowest BCUT2D eigenvalue weighted by Crippen LogP contribution is -2.49. The van der Waals surface area contributed by atoms with Crippen LogP contribution < -0.4 is 10.1 Å². The summed E-state index contributed by atoms with van der Waals surface area (Å²) in [7, 11) is 1.60. The Labute approximate surface area is 175 Å². The summed E-state index contributed by atoms with van der Waals surface area (Å²) in [6, 6.07) is 22.6. The predicted molar refractivity (Wildman–Crippen MR) is 115 cm³/mol. The van der Waals surface area contributed by atoms with Crippen LogP contribution in [0.2, 0.25) is 0 Å². The molecule has 5 nitrogen and oxygen atoms in total. The topological polar surface area (TPSA) is 58.6 Å². The fourth-order valence-electron chi connectivity index (χ4n) is 4.68. The molecule has 150 valence electrons. The van der Waals surface area contributed by atoms with E-state index >= 15 is 0 Å². The summed E-state index contributed by atoms with van der Waals surface area (Å²) in [5.41, 5.74) is 4.31. The average molecular weight is 398 g/mol. The number of nitrogens with zero attached hydrogens (tertiary/aromatic N) is 1. The van der Waals surface area contributed by atoms with Crippen molar-refractivity contribution in [2.75, 3.05) is 19.0 Å². The second-order valence-corrected chi connectivity index (χ2v) is 7.68.